The lowest BCUT2D eigenvalue weighted by molar-refractivity contribution is 0.195. The van der Waals surface area contributed by atoms with Crippen molar-refractivity contribution in [1.82, 2.24) is 0 Å². The maximum absolute atomic E-state index is 2.84. The van der Waals surface area contributed by atoms with Crippen LogP contribution in [0.5, 0.6) is 0 Å². The van der Waals surface area contributed by atoms with Crippen LogP contribution in [0, 0.1) is 0 Å². The van der Waals surface area contributed by atoms with Crippen molar-refractivity contribution in [2.45, 2.75) is 141 Å². The third-order valence-electron chi connectivity index (χ3n) is 21.6. The standard InChI is InChI=1S/C82H80BN3/c1-77(2,3)58-37-42-70(62(47-58)56-30-20-15-21-31-56)85-73-52-66-65(79(7,8)63-32-22-23-33-64(63)80(66,9)10)51-69(73)83-68-46-57(54-28-18-14-19-29-54)36-41-72(68)84(60-39-34-55(35-40-60)53-26-16-13-17-27-53)74-49-61(50-75(85)76(74)83)86-71-43-38-59(78(4,5)6)48-67(71)81(11)44-24-25-45-82(81,86)12/h13-23,26-43,46-52H,24-25,44-45H2,1-12H3. The third-order valence-corrected chi connectivity index (χ3v) is 21.6. The van der Waals surface area contributed by atoms with Crippen molar-refractivity contribution in [2.24, 2.45) is 0 Å². The van der Waals surface area contributed by atoms with Crippen molar-refractivity contribution in [1.29, 1.82) is 0 Å². The van der Waals surface area contributed by atoms with Gasteiger partial charge in [-0.3, -0.25) is 0 Å². The van der Waals surface area contributed by atoms with Gasteiger partial charge in [-0.2, -0.15) is 0 Å². The zero-order valence-corrected chi connectivity index (χ0v) is 52.5. The van der Waals surface area contributed by atoms with E-state index in [2.05, 4.69) is 316 Å². The first-order valence-corrected chi connectivity index (χ1v) is 31.7. The maximum Gasteiger partial charge on any atom is 0.252 e. The topological polar surface area (TPSA) is 9.72 Å². The minimum Gasteiger partial charge on any atom is -0.334 e. The van der Waals surface area contributed by atoms with E-state index < -0.39 is 0 Å². The van der Waals surface area contributed by atoms with Gasteiger partial charge in [0.15, 0.2) is 0 Å². The molecule has 10 aromatic carbocycles. The summed E-state index contributed by atoms with van der Waals surface area (Å²) in [7, 11) is 0. The van der Waals surface area contributed by atoms with Gasteiger partial charge in [0.05, 0.1) is 11.2 Å². The van der Waals surface area contributed by atoms with Crippen LogP contribution in [-0.4, -0.2) is 12.3 Å². The van der Waals surface area contributed by atoms with E-state index in [0.717, 1.165) is 18.5 Å². The Morgan fingerprint density at radius 3 is 1.45 bits per heavy atom. The molecule has 86 heavy (non-hydrogen) atoms. The summed E-state index contributed by atoms with van der Waals surface area (Å²) in [6, 6.07) is 84.8. The Bertz CT molecular complexity index is 4350. The minimum absolute atomic E-state index is 0.0111. The average Bonchev–Trinajstić information content (AvgIpc) is 1.07. The normalized spacial score (nSPS) is 19.4. The summed E-state index contributed by atoms with van der Waals surface area (Å²) in [5.41, 5.74) is 30.0. The molecule has 2 aliphatic carbocycles. The number of fused-ring (bicyclic) bond motifs is 9. The fraction of sp³-hybridized carbons (Fsp3) is 0.268. The quantitative estimate of drug-likeness (QED) is 0.154. The summed E-state index contributed by atoms with van der Waals surface area (Å²) in [4.78, 5) is 8.23. The van der Waals surface area contributed by atoms with E-state index in [1.54, 1.807) is 0 Å². The van der Waals surface area contributed by atoms with Crippen molar-refractivity contribution < 1.29 is 0 Å². The smallest absolute Gasteiger partial charge is 0.252 e. The first kappa shape index (κ1) is 54.3. The van der Waals surface area contributed by atoms with Crippen molar-refractivity contribution in [2.75, 3.05) is 14.7 Å². The van der Waals surface area contributed by atoms with E-state index in [1.165, 1.54) is 141 Å². The molecule has 0 N–H and O–H groups in total. The van der Waals surface area contributed by atoms with Gasteiger partial charge in [-0.1, -0.05) is 253 Å². The molecule has 15 rings (SSSR count). The Morgan fingerprint density at radius 2 is 0.837 bits per heavy atom. The molecule has 0 spiro atoms. The summed E-state index contributed by atoms with van der Waals surface area (Å²) >= 11 is 0. The second-order valence-corrected chi connectivity index (χ2v) is 29.3. The lowest BCUT2D eigenvalue weighted by Crippen LogP contribution is -2.62. The van der Waals surface area contributed by atoms with E-state index in [1.807, 2.05) is 0 Å². The number of rotatable bonds is 6. The van der Waals surface area contributed by atoms with E-state index >= 15 is 0 Å². The van der Waals surface area contributed by atoms with Crippen molar-refractivity contribution in [3.63, 3.8) is 0 Å². The highest BCUT2D eigenvalue weighted by Gasteiger charge is 2.59. The summed E-state index contributed by atoms with van der Waals surface area (Å²) in [5, 5.41) is 0. The first-order chi connectivity index (χ1) is 41.2. The van der Waals surface area contributed by atoms with E-state index in [9.17, 15) is 0 Å². The molecule has 1 saturated carbocycles. The summed E-state index contributed by atoms with van der Waals surface area (Å²) < 4.78 is 0. The van der Waals surface area contributed by atoms with Crippen LogP contribution >= 0.6 is 0 Å². The molecule has 426 valence electrons. The average molecular weight is 1120 g/mol. The Kier molecular flexibility index (Phi) is 12.1. The van der Waals surface area contributed by atoms with Crippen LogP contribution in [0.3, 0.4) is 0 Å². The number of hydrogen-bond donors (Lipinski definition) is 0. The van der Waals surface area contributed by atoms with Gasteiger partial charge in [0.1, 0.15) is 0 Å². The summed E-state index contributed by atoms with van der Waals surface area (Å²) in [6.45, 7) is 29.2. The number of hydrogen-bond acceptors (Lipinski definition) is 3. The van der Waals surface area contributed by atoms with Crippen LogP contribution < -0.4 is 31.1 Å². The monoisotopic (exact) mass is 1120 g/mol. The summed E-state index contributed by atoms with van der Waals surface area (Å²) in [5.74, 6) is 0. The second kappa shape index (κ2) is 19.1. The fourth-order valence-corrected chi connectivity index (χ4v) is 16.5. The predicted molar refractivity (Wildman–Crippen MR) is 368 cm³/mol. The Balaban J connectivity index is 1.10. The molecule has 5 aliphatic rings. The van der Waals surface area contributed by atoms with Crippen LogP contribution in [0.25, 0.3) is 33.4 Å². The van der Waals surface area contributed by atoms with E-state index in [4.69, 9.17) is 0 Å². The molecule has 0 bridgehead atoms. The predicted octanol–water partition coefficient (Wildman–Crippen LogP) is 20.1. The highest BCUT2D eigenvalue weighted by atomic mass is 15.3. The molecule has 0 aromatic heterocycles. The lowest BCUT2D eigenvalue weighted by Gasteiger charge is -2.51. The highest BCUT2D eigenvalue weighted by Crippen LogP contribution is 2.63. The van der Waals surface area contributed by atoms with Crippen molar-refractivity contribution in [3.8, 4) is 33.4 Å². The number of benzene rings is 10. The van der Waals surface area contributed by atoms with Crippen molar-refractivity contribution >= 4 is 68.6 Å². The zero-order valence-electron chi connectivity index (χ0n) is 52.5. The Morgan fingerprint density at radius 1 is 0.349 bits per heavy atom. The van der Waals surface area contributed by atoms with Crippen LogP contribution in [-0.2, 0) is 27.1 Å². The molecule has 2 unspecified atom stereocenters. The first-order valence-electron chi connectivity index (χ1n) is 31.7. The molecule has 3 heterocycles. The van der Waals surface area contributed by atoms with Gasteiger partial charge in [0.25, 0.3) is 6.71 Å². The van der Waals surface area contributed by atoms with Gasteiger partial charge in [0, 0.05) is 61.6 Å². The molecule has 2 atom stereocenters. The fourth-order valence-electron chi connectivity index (χ4n) is 16.5. The second-order valence-electron chi connectivity index (χ2n) is 29.3. The molecule has 4 heteroatoms. The molecular weight excluding hydrogens is 1040 g/mol. The molecule has 3 nitrogen and oxygen atoms in total. The largest absolute Gasteiger partial charge is 0.334 e. The SMILES string of the molecule is CC(C)(C)c1ccc(N2c3cc4c(cc3B3c5cc(-c6ccccc6)ccc5N(c5ccc(-c6ccccc6)cc5)c5cc(N6c7ccc(C(C)(C)C)cc7C7(C)CCCCC67C)cc2c53)C(C)(C)c2ccccc2C4(C)C)c(-c2ccccc2)c1. The molecule has 0 radical (unpaired) electrons. The van der Waals surface area contributed by atoms with Crippen molar-refractivity contribution in [3.05, 3.63) is 257 Å². The van der Waals surface area contributed by atoms with E-state index in [-0.39, 0.29) is 39.3 Å². The number of anilines is 8. The molecule has 10 aromatic rings. The summed E-state index contributed by atoms with van der Waals surface area (Å²) in [6.07, 6.45) is 4.67. The van der Waals surface area contributed by atoms with Gasteiger partial charge in [-0.15, -0.1) is 0 Å². The minimum atomic E-state index is -0.285. The van der Waals surface area contributed by atoms with Gasteiger partial charge < -0.3 is 14.7 Å². The lowest BCUT2D eigenvalue weighted by atomic mass is 9.33. The van der Waals surface area contributed by atoms with Gasteiger partial charge in [0.2, 0.25) is 0 Å². The van der Waals surface area contributed by atoms with Crippen LogP contribution in [0.15, 0.2) is 218 Å². The Labute approximate surface area is 512 Å². The van der Waals surface area contributed by atoms with Gasteiger partial charge >= 0.3 is 0 Å². The molecule has 0 amide bonds. The van der Waals surface area contributed by atoms with E-state index in [0.29, 0.717) is 0 Å². The maximum atomic E-state index is 2.84. The molecule has 1 fully saturated rings. The van der Waals surface area contributed by atoms with Crippen LogP contribution in [0.2, 0.25) is 0 Å². The molecular formula is C82H80BN3. The molecule has 3 aliphatic heterocycles. The Hall–Kier alpha value is -8.34. The van der Waals surface area contributed by atoms with Crippen LogP contribution in [0.1, 0.15) is 148 Å². The van der Waals surface area contributed by atoms with Crippen LogP contribution in [0.4, 0.5) is 45.5 Å². The van der Waals surface area contributed by atoms with Gasteiger partial charge in [-0.25, -0.2) is 0 Å². The van der Waals surface area contributed by atoms with Gasteiger partial charge in [-0.05, 0) is 168 Å². The third kappa shape index (κ3) is 8.00. The molecule has 0 saturated heterocycles. The zero-order chi connectivity index (χ0) is 59.5. The number of nitrogens with zero attached hydrogens (tertiary/aromatic N) is 3. The highest BCUT2D eigenvalue weighted by molar-refractivity contribution is 7.00.